The van der Waals surface area contributed by atoms with Crippen LogP contribution in [-0.4, -0.2) is 70.4 Å². The zero-order valence-electron chi connectivity index (χ0n) is 20.8. The van der Waals surface area contributed by atoms with Gasteiger partial charge in [0.2, 0.25) is 5.75 Å². The van der Waals surface area contributed by atoms with Crippen LogP contribution in [0.3, 0.4) is 0 Å². The molecule has 0 radical (unpaired) electrons. The van der Waals surface area contributed by atoms with Gasteiger partial charge < -0.3 is 33.7 Å². The first kappa shape index (κ1) is 25.9. The Kier molecular flexibility index (Phi) is 8.24. The van der Waals surface area contributed by atoms with Crippen molar-refractivity contribution in [1.82, 2.24) is 4.90 Å². The SMILES string of the molecule is COCCCN1C(=O)C(=O)C(=C(O)c2ccc(OC)cc2C)[C@H]1c1cc(OC)c(OC)c(OC)c1. The van der Waals surface area contributed by atoms with E-state index < -0.39 is 17.7 Å². The second kappa shape index (κ2) is 11.1. The number of carbonyl (C=O) groups excluding carboxylic acids is 2. The number of aliphatic hydroxyl groups is 1. The highest BCUT2D eigenvalue weighted by atomic mass is 16.5. The van der Waals surface area contributed by atoms with Crippen molar-refractivity contribution < 1.29 is 38.4 Å². The van der Waals surface area contributed by atoms with E-state index in [1.165, 1.54) is 26.2 Å². The van der Waals surface area contributed by atoms with E-state index in [-0.39, 0.29) is 17.9 Å². The molecule has 188 valence electrons. The summed E-state index contributed by atoms with van der Waals surface area (Å²) < 4.78 is 26.8. The number of benzene rings is 2. The van der Waals surface area contributed by atoms with Gasteiger partial charge in [-0.2, -0.15) is 0 Å². The van der Waals surface area contributed by atoms with E-state index in [9.17, 15) is 14.7 Å². The summed E-state index contributed by atoms with van der Waals surface area (Å²) in [5, 5.41) is 11.4. The van der Waals surface area contributed by atoms with Crippen LogP contribution >= 0.6 is 0 Å². The molecular weight excluding hydrogens is 454 g/mol. The van der Waals surface area contributed by atoms with Crippen molar-refractivity contribution in [2.24, 2.45) is 0 Å². The lowest BCUT2D eigenvalue weighted by Gasteiger charge is -2.26. The van der Waals surface area contributed by atoms with Gasteiger partial charge in [0, 0.05) is 25.8 Å². The lowest BCUT2D eigenvalue weighted by atomic mass is 9.93. The van der Waals surface area contributed by atoms with Crippen molar-refractivity contribution in [1.29, 1.82) is 0 Å². The summed E-state index contributed by atoms with van der Waals surface area (Å²) in [6.07, 6.45) is 0.506. The number of likely N-dealkylation sites (tertiary alicyclic amines) is 1. The number of methoxy groups -OCH3 is 5. The fourth-order valence-corrected chi connectivity index (χ4v) is 4.27. The highest BCUT2D eigenvalue weighted by molar-refractivity contribution is 6.46. The van der Waals surface area contributed by atoms with Crippen LogP contribution in [0.15, 0.2) is 35.9 Å². The number of carbonyl (C=O) groups is 2. The first-order chi connectivity index (χ1) is 16.8. The fraction of sp³-hybridized carbons (Fsp3) is 0.385. The fourth-order valence-electron chi connectivity index (χ4n) is 4.27. The molecule has 0 saturated carbocycles. The standard InChI is InChI=1S/C26H31NO8/c1-15-12-17(32-3)8-9-18(15)23(28)21-22(27(10-7-11-31-2)26(30)24(21)29)16-13-19(33-4)25(35-6)20(14-16)34-5/h8-9,12-14,22,28H,7,10-11H2,1-6H3/t22-/m1/s1. The minimum Gasteiger partial charge on any atom is -0.507 e. The third-order valence-electron chi connectivity index (χ3n) is 5.98. The van der Waals surface area contributed by atoms with Gasteiger partial charge >= 0.3 is 0 Å². The molecule has 2 aromatic carbocycles. The predicted octanol–water partition coefficient (Wildman–Crippen LogP) is 3.49. The summed E-state index contributed by atoms with van der Waals surface area (Å²) in [7, 11) is 7.57. The quantitative estimate of drug-likeness (QED) is 0.236. The normalized spacial score (nSPS) is 17.0. The van der Waals surface area contributed by atoms with Gasteiger partial charge in [-0.15, -0.1) is 0 Å². The van der Waals surface area contributed by atoms with Crippen LogP contribution in [0, 0.1) is 6.92 Å². The molecule has 1 amide bonds. The zero-order valence-corrected chi connectivity index (χ0v) is 20.8. The van der Waals surface area contributed by atoms with Gasteiger partial charge in [0.1, 0.15) is 11.5 Å². The molecule has 1 fully saturated rings. The van der Waals surface area contributed by atoms with Crippen molar-refractivity contribution in [3.8, 4) is 23.0 Å². The van der Waals surface area contributed by atoms with E-state index in [4.69, 9.17) is 23.7 Å². The number of Topliss-reactive ketones (excluding diaryl/α,β-unsaturated/α-hetero) is 1. The second-order valence-electron chi connectivity index (χ2n) is 7.98. The van der Waals surface area contributed by atoms with E-state index in [1.807, 2.05) is 0 Å². The van der Waals surface area contributed by atoms with Crippen molar-refractivity contribution in [2.45, 2.75) is 19.4 Å². The molecule has 1 saturated heterocycles. The molecule has 0 bridgehead atoms. The lowest BCUT2D eigenvalue weighted by Crippen LogP contribution is -2.31. The van der Waals surface area contributed by atoms with Crippen LogP contribution in [0.25, 0.3) is 5.76 Å². The Morgan fingerprint density at radius 2 is 1.60 bits per heavy atom. The van der Waals surface area contributed by atoms with Crippen LogP contribution in [0.4, 0.5) is 0 Å². The molecule has 1 N–H and O–H groups in total. The third-order valence-corrected chi connectivity index (χ3v) is 5.98. The number of aryl methyl sites for hydroxylation is 1. The molecule has 9 nitrogen and oxygen atoms in total. The van der Waals surface area contributed by atoms with Gasteiger partial charge in [0.25, 0.3) is 11.7 Å². The van der Waals surface area contributed by atoms with Crippen molar-refractivity contribution in [3.63, 3.8) is 0 Å². The van der Waals surface area contributed by atoms with Gasteiger partial charge in [0.15, 0.2) is 11.5 Å². The van der Waals surface area contributed by atoms with Gasteiger partial charge in [-0.25, -0.2) is 0 Å². The Balaban J connectivity index is 2.25. The number of hydrogen-bond acceptors (Lipinski definition) is 8. The smallest absolute Gasteiger partial charge is 0.295 e. The largest absolute Gasteiger partial charge is 0.507 e. The Morgan fingerprint density at radius 3 is 2.11 bits per heavy atom. The Labute approximate surface area is 204 Å². The average Bonchev–Trinajstić information content (AvgIpc) is 3.12. The van der Waals surface area contributed by atoms with Gasteiger partial charge in [-0.3, -0.25) is 9.59 Å². The highest BCUT2D eigenvalue weighted by Crippen LogP contribution is 2.46. The van der Waals surface area contributed by atoms with E-state index >= 15 is 0 Å². The second-order valence-corrected chi connectivity index (χ2v) is 7.98. The summed E-state index contributed by atoms with van der Waals surface area (Å²) in [6, 6.07) is 7.57. The van der Waals surface area contributed by atoms with Gasteiger partial charge in [-0.05, 0) is 54.8 Å². The molecule has 1 atom stereocenters. The summed E-state index contributed by atoms with van der Waals surface area (Å²) in [6.45, 7) is 2.45. The summed E-state index contributed by atoms with van der Waals surface area (Å²) >= 11 is 0. The monoisotopic (exact) mass is 485 g/mol. The topological polar surface area (TPSA) is 104 Å². The number of amides is 1. The number of nitrogens with zero attached hydrogens (tertiary/aromatic N) is 1. The van der Waals surface area contributed by atoms with Gasteiger partial charge in [0.05, 0.1) is 40.1 Å². The molecule has 35 heavy (non-hydrogen) atoms. The highest BCUT2D eigenvalue weighted by Gasteiger charge is 2.46. The number of ketones is 1. The van der Waals surface area contributed by atoms with Crippen LogP contribution < -0.4 is 18.9 Å². The predicted molar refractivity (Wildman–Crippen MR) is 129 cm³/mol. The summed E-state index contributed by atoms with van der Waals surface area (Å²) in [5.74, 6) is -0.0193. The molecule has 3 rings (SSSR count). The van der Waals surface area contributed by atoms with Crippen molar-refractivity contribution >= 4 is 17.4 Å². The molecule has 0 aliphatic carbocycles. The molecule has 0 unspecified atom stereocenters. The van der Waals surface area contributed by atoms with E-state index in [0.717, 1.165) is 0 Å². The minimum absolute atomic E-state index is 0.0186. The number of hydrogen-bond donors (Lipinski definition) is 1. The number of ether oxygens (including phenoxy) is 5. The number of rotatable bonds is 10. The average molecular weight is 486 g/mol. The molecule has 2 aromatic rings. The van der Waals surface area contributed by atoms with Crippen molar-refractivity contribution in [3.05, 3.63) is 52.6 Å². The minimum atomic E-state index is -0.873. The van der Waals surface area contributed by atoms with E-state index in [1.54, 1.807) is 51.5 Å². The maximum atomic E-state index is 13.3. The van der Waals surface area contributed by atoms with Crippen LogP contribution in [0.2, 0.25) is 0 Å². The van der Waals surface area contributed by atoms with Crippen LogP contribution in [0.1, 0.15) is 29.2 Å². The zero-order chi connectivity index (χ0) is 25.7. The molecule has 1 heterocycles. The van der Waals surface area contributed by atoms with Gasteiger partial charge in [-0.1, -0.05) is 0 Å². The Morgan fingerprint density at radius 1 is 0.943 bits per heavy atom. The third kappa shape index (κ3) is 4.90. The first-order valence-corrected chi connectivity index (χ1v) is 11.0. The molecule has 1 aliphatic heterocycles. The van der Waals surface area contributed by atoms with E-state index in [2.05, 4.69) is 0 Å². The maximum absolute atomic E-state index is 13.3. The molecule has 1 aliphatic rings. The maximum Gasteiger partial charge on any atom is 0.295 e. The van der Waals surface area contributed by atoms with Crippen LogP contribution in [0.5, 0.6) is 23.0 Å². The van der Waals surface area contributed by atoms with Crippen LogP contribution in [-0.2, 0) is 14.3 Å². The number of aliphatic hydroxyl groups excluding tert-OH is 1. The Hall–Kier alpha value is -3.72. The molecule has 9 heteroatoms. The Bertz CT molecular complexity index is 1120. The molecular formula is C26H31NO8. The first-order valence-electron chi connectivity index (χ1n) is 11.0. The summed E-state index contributed by atoms with van der Waals surface area (Å²) in [5.41, 5.74) is 1.63. The van der Waals surface area contributed by atoms with E-state index in [0.29, 0.717) is 52.7 Å². The lowest BCUT2D eigenvalue weighted by molar-refractivity contribution is -0.140. The molecule has 0 spiro atoms. The summed E-state index contributed by atoms with van der Waals surface area (Å²) in [4.78, 5) is 27.8. The van der Waals surface area contributed by atoms with Crippen molar-refractivity contribution in [2.75, 3.05) is 48.7 Å². The molecule has 0 aromatic heterocycles.